The van der Waals surface area contributed by atoms with Gasteiger partial charge in [-0.3, -0.25) is 40.8 Å². The number of carbonyl (C=O) groups is 4. The van der Waals surface area contributed by atoms with Gasteiger partial charge in [-0.2, -0.15) is 0 Å². The summed E-state index contributed by atoms with van der Waals surface area (Å²) in [7, 11) is 5.29. The smallest absolute Gasteiger partial charge is 0.248 e. The van der Waals surface area contributed by atoms with E-state index in [2.05, 4.69) is 325 Å². The molecule has 143 heavy (non-hydrogen) atoms. The molecule has 0 bridgehead atoms. The molecule has 5 atom stereocenters. The molecule has 4 amide bonds. The third kappa shape index (κ3) is 27.5. The minimum atomic E-state index is -1.08. The van der Waals surface area contributed by atoms with Crippen LogP contribution in [0.5, 0.6) is 0 Å². The number of amides is 4. The van der Waals surface area contributed by atoms with E-state index in [-0.39, 0.29) is 54.9 Å². The van der Waals surface area contributed by atoms with Crippen LogP contribution in [0.4, 0.5) is 0 Å². The topological polar surface area (TPSA) is 284 Å². The lowest BCUT2D eigenvalue weighted by Crippen LogP contribution is -2.40. The lowest BCUT2D eigenvalue weighted by Gasteiger charge is -2.21. The zero-order chi connectivity index (χ0) is 101. The summed E-state index contributed by atoms with van der Waals surface area (Å²) in [5, 5.41) is 59.4. The quantitative estimate of drug-likeness (QED) is 0.0185. The van der Waals surface area contributed by atoms with Gasteiger partial charge in [0.1, 0.15) is 12.7 Å². The van der Waals surface area contributed by atoms with Gasteiger partial charge in [0.15, 0.2) is 0 Å². The molecule has 0 spiro atoms. The van der Waals surface area contributed by atoms with Gasteiger partial charge in [0, 0.05) is 33.3 Å². The first-order valence-electron chi connectivity index (χ1n) is 48.6. The van der Waals surface area contributed by atoms with E-state index in [9.17, 15) is 35.1 Å². The zero-order valence-corrected chi connectivity index (χ0v) is 85.2. The minimum absolute atomic E-state index is 0.0144. The van der Waals surface area contributed by atoms with Gasteiger partial charge in [-0.05, 0) is 213 Å². The van der Waals surface area contributed by atoms with Crippen molar-refractivity contribution in [2.75, 3.05) is 60.5 Å². The van der Waals surface area contributed by atoms with Gasteiger partial charge in [0.05, 0.1) is 117 Å². The number of para-hydroxylation sites is 8. The Morgan fingerprint density at radius 3 is 0.790 bits per heavy atom. The highest BCUT2D eigenvalue weighted by atomic mass is 35.5. The number of hydrogen-bond donors (Lipinski definition) is 9. The van der Waals surface area contributed by atoms with Crippen LogP contribution in [0.2, 0.25) is 10.0 Å². The van der Waals surface area contributed by atoms with Crippen LogP contribution in [0.1, 0.15) is 126 Å². The second-order valence-corrected chi connectivity index (χ2v) is 38.6. The van der Waals surface area contributed by atoms with Crippen LogP contribution < -0.4 is 43.7 Å². The molecule has 17 rings (SSSR count). The number of aryl methyl sites for hydroxylation is 8. The number of hydrogen-bond acceptors (Lipinski definition) is 11. The Morgan fingerprint density at radius 2 is 0.545 bits per heavy atom. The van der Waals surface area contributed by atoms with Crippen molar-refractivity contribution in [2.45, 2.75) is 151 Å². The van der Waals surface area contributed by atoms with E-state index in [0.29, 0.717) is 111 Å². The Bertz CT molecular complexity index is 7480. The monoisotopic (exact) mass is 1950 g/mol. The van der Waals surface area contributed by atoms with Gasteiger partial charge in [0.25, 0.3) is 0 Å². The molecule has 4 heterocycles. The maximum atomic E-state index is 13.0. The van der Waals surface area contributed by atoms with E-state index in [0.717, 1.165) is 89.5 Å². The minimum Gasteiger partial charge on any atom is -0.384 e. The van der Waals surface area contributed by atoms with E-state index in [1.165, 1.54) is 69.7 Å². The molecular weight excluding hydrogens is 1820 g/mol. The fourth-order valence-corrected chi connectivity index (χ4v) is 18.4. The van der Waals surface area contributed by atoms with Crippen molar-refractivity contribution in [3.63, 3.8) is 0 Å². The van der Waals surface area contributed by atoms with Crippen LogP contribution in [-0.2, 0) is 82.2 Å². The maximum Gasteiger partial charge on any atom is 0.248 e. The van der Waals surface area contributed by atoms with Crippen LogP contribution in [0.15, 0.2) is 309 Å². The molecule has 17 aromatic rings. The third-order valence-corrected chi connectivity index (χ3v) is 26.7. The molecule has 0 aliphatic rings. The number of nitrogens with one attached hydrogen (secondary N) is 8. The van der Waals surface area contributed by atoms with Gasteiger partial charge in [-0.15, -0.1) is 0 Å². The van der Waals surface area contributed by atoms with E-state index < -0.39 is 12.0 Å². The third-order valence-electron chi connectivity index (χ3n) is 25.9. The summed E-state index contributed by atoms with van der Waals surface area (Å²) < 4.78 is 21.3. The molecule has 23 nitrogen and oxygen atoms in total. The van der Waals surface area contributed by atoms with E-state index in [1.807, 2.05) is 104 Å². The van der Waals surface area contributed by atoms with Gasteiger partial charge in [-0.1, -0.05) is 316 Å². The number of methoxy groups -OCH3 is 1. The molecule has 0 radical (unpaired) electrons. The Balaban J connectivity index is 0.000000152. The zero-order valence-electron chi connectivity index (χ0n) is 83.7. The largest absolute Gasteiger partial charge is 0.384 e. The Labute approximate surface area is 846 Å². The highest BCUT2D eigenvalue weighted by molar-refractivity contribution is 6.42. The average molecular weight is 1950 g/mol. The molecule has 0 saturated heterocycles. The SMILES string of the molecule is COCC(=O)NCC(Cc1ccc(C)cc1)n1c(=N)n(Cc2ccc(C)cc2)c2ccccc21.Cc1ccc(CC(CNC(=O)CN(C)C)n2c(=N)n(Cc3ccc(C)cc3)c3ccccc32)cc1.Cc1ccc(CC(CNC(=O)Cc2ccc(Cl)c(Cl)c2)n2c(=N)n(Cc3ccc(C)cc3)c3ccccc32)cc1.Cc1ccc(C[C@@H](CNC(=O)[C@@H](C)O)n2c(=N)n(Cc3ccc(C)cc3)c3ccccc32)cc1. The van der Waals surface area contributed by atoms with Crippen molar-refractivity contribution in [1.82, 2.24) is 62.7 Å². The molecule has 13 aromatic carbocycles. The maximum absolute atomic E-state index is 13.0. The number of benzene rings is 13. The predicted molar refractivity (Wildman–Crippen MR) is 574 cm³/mol. The predicted octanol–water partition coefficient (Wildman–Crippen LogP) is 19.1. The first kappa shape index (κ1) is 104. The summed E-state index contributed by atoms with van der Waals surface area (Å²) in [5.74, 6) is -0.696. The molecule has 0 aliphatic carbocycles. The lowest BCUT2D eigenvalue weighted by molar-refractivity contribution is -0.128. The van der Waals surface area contributed by atoms with Crippen molar-refractivity contribution >= 4 is 91.0 Å². The summed E-state index contributed by atoms with van der Waals surface area (Å²) in [6.45, 7) is 22.4. The molecule has 0 fully saturated rings. The van der Waals surface area contributed by atoms with Gasteiger partial charge in [0.2, 0.25) is 46.1 Å². The van der Waals surface area contributed by atoms with Crippen LogP contribution in [0.25, 0.3) is 44.1 Å². The number of imidazole rings is 4. The number of rotatable bonds is 35. The number of aromatic nitrogens is 8. The highest BCUT2D eigenvalue weighted by Crippen LogP contribution is 2.30. The van der Waals surface area contributed by atoms with Crippen molar-refractivity contribution in [2.24, 2.45) is 0 Å². The fraction of sp³-hybridized carbons (Fsp3) is 0.271. The number of halogens is 2. The van der Waals surface area contributed by atoms with Crippen molar-refractivity contribution in [3.05, 3.63) is 436 Å². The fourth-order valence-electron chi connectivity index (χ4n) is 18.1. The number of ether oxygens (including phenoxy) is 1. The van der Waals surface area contributed by atoms with Crippen molar-refractivity contribution in [1.29, 1.82) is 21.6 Å². The molecule has 3 unspecified atom stereocenters. The van der Waals surface area contributed by atoms with Gasteiger partial charge in [-0.25, -0.2) is 0 Å². The molecular formula is C118H131Cl2N17O6. The highest BCUT2D eigenvalue weighted by Gasteiger charge is 2.28. The lowest BCUT2D eigenvalue weighted by atomic mass is 10.0. The number of aliphatic hydroxyl groups excluding tert-OH is 1. The van der Waals surface area contributed by atoms with Gasteiger partial charge < -0.3 is 72.5 Å². The molecule has 4 aromatic heterocycles. The van der Waals surface area contributed by atoms with Crippen LogP contribution in [0.3, 0.4) is 0 Å². The Hall–Kier alpha value is -14.7. The number of carbonyl (C=O) groups excluding carboxylic acids is 4. The molecule has 0 aliphatic heterocycles. The molecule has 25 heteroatoms. The van der Waals surface area contributed by atoms with E-state index >= 15 is 0 Å². The normalized spacial score (nSPS) is 12.3. The summed E-state index contributed by atoms with van der Waals surface area (Å²) in [5.41, 5.74) is 29.2. The van der Waals surface area contributed by atoms with Crippen LogP contribution in [-0.4, -0.2) is 137 Å². The second-order valence-electron chi connectivity index (χ2n) is 37.8. The summed E-state index contributed by atoms with van der Waals surface area (Å²) in [4.78, 5) is 51.7. The first-order chi connectivity index (χ1) is 68.9. The standard InChI is InChI=1S/C33H32Cl2N4O.C29H35N5O.2C28H32N4O2/c1-22-7-11-24(12-8-22)17-27(20-37-32(40)19-26-15-16-28(34)29(35)18-26)39-31-6-4-3-5-30(31)38(33(39)36)21-25-13-9-23(2)10-14-25;1-21-9-13-23(14-10-21)17-25(18-31-28(35)20-32(3)4)34-27-8-6-5-7-26(27)33(29(34)30)19-24-15-11-22(2)12-16-24;1-20-8-12-22(13-9-20)16-24(17-30-27(33)19-34-3)32-26-7-5-4-6-25(26)31(28(32)29)18-23-14-10-21(2)11-15-23;1-19-8-12-22(13-9-19)16-24(17-30-27(34)21(3)33)32-26-7-5-4-6-25(26)31(28(32)29)18-23-14-10-20(2)11-15-23/h3-16,18,27,36H,17,19-21H2,1-2H3,(H,37,40);5-16,25,30H,17-20H2,1-4H3,(H,31,35);4-15,24,29H,16-19H2,1-3H3,(H,30,33);4-15,21,24,29,33H,16-18H2,1-3H3,(H,30,34)/t;;;21-,24+/m...1/s1. The first-order valence-corrected chi connectivity index (χ1v) is 49.4. The Morgan fingerprint density at radius 1 is 0.315 bits per heavy atom. The van der Waals surface area contributed by atoms with Gasteiger partial charge >= 0.3 is 0 Å². The molecule has 9 N–H and O–H groups in total. The summed E-state index contributed by atoms with van der Waals surface area (Å²) in [6, 6.07) is 105. The van der Waals surface area contributed by atoms with Crippen LogP contribution in [0, 0.1) is 77.0 Å². The van der Waals surface area contributed by atoms with E-state index in [4.69, 9.17) is 38.8 Å². The number of nitrogens with zero attached hydrogens (tertiary/aromatic N) is 9. The number of aliphatic hydroxyl groups is 1. The molecule has 0 saturated carbocycles. The van der Waals surface area contributed by atoms with Crippen LogP contribution >= 0.6 is 23.2 Å². The van der Waals surface area contributed by atoms with Crippen molar-refractivity contribution < 1.29 is 29.0 Å². The van der Waals surface area contributed by atoms with E-state index in [1.54, 1.807) is 12.1 Å². The Kier molecular flexibility index (Phi) is 35.8. The molecule has 738 valence electrons. The second kappa shape index (κ2) is 49.1. The average Bonchev–Trinajstić information content (AvgIpc) is 1.63. The number of fused-ring (bicyclic) bond motifs is 4. The summed E-state index contributed by atoms with van der Waals surface area (Å²) >= 11 is 12.2. The summed E-state index contributed by atoms with van der Waals surface area (Å²) in [6.07, 6.45) is 1.85. The number of likely N-dealkylation sites (N-methyl/N-ethyl adjacent to an activating group) is 1. The van der Waals surface area contributed by atoms with Crippen molar-refractivity contribution in [3.8, 4) is 0 Å².